The molecular formula is C30H31N11O12S4. The number of oxime groups is 1. The number of phenolic OH excluding ortho intramolecular Hbond substituents is 2. The number of hydrogen-bond donors (Lipinski definition) is 8. The van der Waals surface area contributed by atoms with Crippen molar-refractivity contribution in [1.82, 2.24) is 45.0 Å². The quantitative estimate of drug-likeness (QED) is 0.0125. The number of aromatic hydroxyl groups is 2. The summed E-state index contributed by atoms with van der Waals surface area (Å²) in [7, 11) is -4.14. The monoisotopic (exact) mass is 865 g/mol. The Labute approximate surface area is 333 Å². The zero-order chi connectivity index (χ0) is 41.4. The van der Waals surface area contributed by atoms with Gasteiger partial charge in [0, 0.05) is 34.2 Å². The van der Waals surface area contributed by atoms with E-state index in [1.165, 1.54) is 52.7 Å². The second-order valence-electron chi connectivity index (χ2n) is 12.4. The Hall–Kier alpha value is -5.74. The van der Waals surface area contributed by atoms with Gasteiger partial charge in [-0.05, 0) is 39.0 Å². The van der Waals surface area contributed by atoms with Gasteiger partial charge in [-0.1, -0.05) is 5.16 Å². The van der Waals surface area contributed by atoms with E-state index in [1.54, 1.807) is 13.0 Å². The standard InChI is InChI=1S/C30H31N11O12S4/c1-12-6-19(41-28(33-12)35-18(37-41)8-32-57(50,51)14-4-5-16(42)17(43)7-14)54-9-13-10-55-25-21(23(45)40(25)24(13)52-29(47)48)36-22(44)20(15-11-56-27(31)34-15)39-53-30(2,3)26(46)38-49/h4-7,11,21,25,32,42-43,49H,8-10H2,1-3H3,(H2,31,34)(H,36,44)(H,38,46)(H,47,48)/b39-20-/t21-,25-/m1/s1. The number of thioether (sulfide) groups is 2. The summed E-state index contributed by atoms with van der Waals surface area (Å²) >= 11 is 3.38. The second-order valence-corrected chi connectivity index (χ2v) is 17.2. The lowest BCUT2D eigenvalue weighted by Crippen LogP contribution is -2.70. The first-order valence-electron chi connectivity index (χ1n) is 16.1. The number of rotatable bonds is 14. The van der Waals surface area contributed by atoms with Crippen LogP contribution in [0.1, 0.15) is 31.1 Å². The fourth-order valence-corrected chi connectivity index (χ4v) is 9.15. The highest BCUT2D eigenvalue weighted by Crippen LogP contribution is 2.42. The van der Waals surface area contributed by atoms with Crippen LogP contribution in [0.2, 0.25) is 0 Å². The number of carbonyl (C=O) groups is 4. The number of carbonyl (C=O) groups excluding carboxylic acids is 3. The topological polar surface area (TPSA) is 335 Å². The van der Waals surface area contributed by atoms with Crippen molar-refractivity contribution in [3.63, 3.8) is 0 Å². The Balaban J connectivity index is 1.18. The molecule has 3 amide bonds. The van der Waals surface area contributed by atoms with Gasteiger partial charge in [-0.15, -0.1) is 40.0 Å². The van der Waals surface area contributed by atoms with Gasteiger partial charge in [0.15, 0.2) is 28.2 Å². The molecule has 0 spiro atoms. The zero-order valence-electron chi connectivity index (χ0n) is 29.6. The van der Waals surface area contributed by atoms with Crippen LogP contribution >= 0.6 is 34.9 Å². The summed E-state index contributed by atoms with van der Waals surface area (Å²) < 4.78 is 34.4. The summed E-state index contributed by atoms with van der Waals surface area (Å²) in [5, 5.41) is 49.7. The van der Waals surface area contributed by atoms with E-state index in [1.807, 2.05) is 0 Å². The number of nitrogens with two attached hydrogens (primary N) is 1. The lowest BCUT2D eigenvalue weighted by molar-refractivity contribution is -0.151. The van der Waals surface area contributed by atoms with Crippen LogP contribution in [0.25, 0.3) is 5.78 Å². The Bertz CT molecular complexity index is 2470. The molecule has 27 heteroatoms. The summed E-state index contributed by atoms with van der Waals surface area (Å²) in [5.74, 6) is -3.52. The lowest BCUT2D eigenvalue weighted by Gasteiger charge is -2.49. The van der Waals surface area contributed by atoms with Crippen molar-refractivity contribution in [2.24, 2.45) is 5.16 Å². The maximum absolute atomic E-state index is 13.5. The molecule has 5 heterocycles. The number of thiazole rings is 1. The lowest BCUT2D eigenvalue weighted by atomic mass is 10.1. The molecule has 2 aliphatic heterocycles. The Kier molecular flexibility index (Phi) is 11.5. The molecule has 0 aliphatic carbocycles. The minimum atomic E-state index is -4.14. The Morgan fingerprint density at radius 1 is 1.16 bits per heavy atom. The third kappa shape index (κ3) is 8.66. The zero-order valence-corrected chi connectivity index (χ0v) is 32.8. The van der Waals surface area contributed by atoms with Crippen molar-refractivity contribution in [1.29, 1.82) is 0 Å². The number of benzene rings is 1. The van der Waals surface area contributed by atoms with Crippen molar-refractivity contribution in [3.05, 3.63) is 58.3 Å². The van der Waals surface area contributed by atoms with Gasteiger partial charge in [-0.25, -0.2) is 33.4 Å². The number of ether oxygens (including phenoxy) is 1. The number of aryl methyl sites for hydroxylation is 1. The van der Waals surface area contributed by atoms with Gasteiger partial charge in [0.1, 0.15) is 22.1 Å². The maximum Gasteiger partial charge on any atom is 0.512 e. The minimum absolute atomic E-state index is 0.0271. The number of nitrogens with one attached hydrogen (secondary N) is 3. The summed E-state index contributed by atoms with van der Waals surface area (Å²) in [6.45, 7) is 3.89. The Morgan fingerprint density at radius 2 is 1.91 bits per heavy atom. The molecule has 1 aromatic carbocycles. The average Bonchev–Trinajstić information content (AvgIpc) is 3.78. The van der Waals surface area contributed by atoms with Gasteiger partial charge in [0.05, 0.1) is 11.4 Å². The van der Waals surface area contributed by atoms with Crippen LogP contribution < -0.4 is 21.3 Å². The average molecular weight is 866 g/mol. The molecule has 1 saturated heterocycles. The number of β-lactam (4-membered cyclic amide) rings is 1. The number of phenols is 2. The van der Waals surface area contributed by atoms with E-state index in [0.717, 1.165) is 34.4 Å². The van der Waals surface area contributed by atoms with E-state index < -0.39 is 68.1 Å². The molecule has 6 rings (SSSR count). The van der Waals surface area contributed by atoms with Crippen LogP contribution in [0, 0.1) is 6.92 Å². The first kappa shape index (κ1) is 40.9. The molecule has 2 aliphatic rings. The van der Waals surface area contributed by atoms with Crippen molar-refractivity contribution in [2.45, 2.75) is 54.3 Å². The van der Waals surface area contributed by atoms with Crippen LogP contribution in [-0.2, 0) is 40.5 Å². The number of nitrogens with zero attached hydrogens (tertiary/aromatic N) is 7. The number of amides is 3. The fraction of sp³-hybridized carbons (Fsp3) is 0.300. The van der Waals surface area contributed by atoms with Crippen molar-refractivity contribution >= 4 is 85.4 Å². The molecule has 57 heavy (non-hydrogen) atoms. The smallest absolute Gasteiger partial charge is 0.504 e. The molecule has 4 aromatic rings. The summed E-state index contributed by atoms with van der Waals surface area (Å²) in [6.07, 6.45) is -1.69. The molecule has 0 bridgehead atoms. The Morgan fingerprint density at radius 3 is 2.58 bits per heavy atom. The van der Waals surface area contributed by atoms with E-state index in [-0.39, 0.29) is 51.3 Å². The normalized spacial score (nSPS) is 17.2. The molecule has 2 atom stereocenters. The number of fused-ring (bicyclic) bond motifs is 2. The van der Waals surface area contributed by atoms with E-state index in [4.69, 9.17) is 20.5 Å². The van der Waals surface area contributed by atoms with Gasteiger partial charge in [0.2, 0.25) is 21.5 Å². The van der Waals surface area contributed by atoms with Crippen molar-refractivity contribution in [3.8, 4) is 11.5 Å². The highest BCUT2D eigenvalue weighted by Gasteiger charge is 2.54. The predicted molar refractivity (Wildman–Crippen MR) is 199 cm³/mol. The van der Waals surface area contributed by atoms with Crippen LogP contribution in [0.5, 0.6) is 11.5 Å². The van der Waals surface area contributed by atoms with Gasteiger partial charge >= 0.3 is 6.16 Å². The SMILES string of the molecule is Cc1cc(SCC2=C(OC(=O)O)N3C(=O)[C@@H](NC(=O)/C(=N\OC(C)(C)C(=O)NO)c4csc(N)n4)[C@H]3SC2)n2nc(CNS(=O)(=O)c3ccc(O)c(O)c3)nc2n1. The molecule has 0 unspecified atom stereocenters. The molecule has 1 fully saturated rings. The predicted octanol–water partition coefficient (Wildman–Crippen LogP) is 0.464. The van der Waals surface area contributed by atoms with Crippen LogP contribution in [0.3, 0.4) is 0 Å². The van der Waals surface area contributed by atoms with Crippen LogP contribution in [0.4, 0.5) is 9.93 Å². The number of anilines is 1. The van der Waals surface area contributed by atoms with Gasteiger partial charge in [0.25, 0.3) is 23.5 Å². The van der Waals surface area contributed by atoms with E-state index in [9.17, 15) is 42.9 Å². The first-order valence-corrected chi connectivity index (χ1v) is 20.5. The molecule has 0 radical (unpaired) electrons. The third-order valence-electron chi connectivity index (χ3n) is 7.98. The largest absolute Gasteiger partial charge is 0.512 e. The molecule has 302 valence electrons. The third-order valence-corrected chi connectivity index (χ3v) is 12.5. The summed E-state index contributed by atoms with van der Waals surface area (Å²) in [5.41, 5.74) is 5.92. The number of hydrogen-bond acceptors (Lipinski definition) is 20. The van der Waals surface area contributed by atoms with E-state index >= 15 is 0 Å². The number of aromatic nitrogens is 5. The van der Waals surface area contributed by atoms with Crippen LogP contribution in [-0.4, -0.2) is 117 Å². The number of nitrogen functional groups attached to an aromatic ring is 1. The number of carboxylic acid groups (broad SMARTS) is 1. The van der Waals surface area contributed by atoms with Crippen molar-refractivity contribution < 1.29 is 57.7 Å². The molecule has 3 aromatic heterocycles. The van der Waals surface area contributed by atoms with Crippen LogP contribution in [0.15, 0.2) is 56.2 Å². The van der Waals surface area contributed by atoms with Gasteiger partial charge in [-0.2, -0.15) is 9.50 Å². The molecular weight excluding hydrogens is 835 g/mol. The highest BCUT2D eigenvalue weighted by molar-refractivity contribution is 8.01. The molecule has 0 saturated carbocycles. The molecule has 9 N–H and O–H groups in total. The summed E-state index contributed by atoms with van der Waals surface area (Å²) in [6, 6.07) is 3.52. The van der Waals surface area contributed by atoms with E-state index in [0.29, 0.717) is 16.3 Å². The summed E-state index contributed by atoms with van der Waals surface area (Å²) in [4.78, 5) is 69.5. The molecule has 23 nitrogen and oxygen atoms in total. The van der Waals surface area contributed by atoms with Gasteiger partial charge in [-0.3, -0.25) is 24.5 Å². The number of sulfonamides is 1. The van der Waals surface area contributed by atoms with E-state index in [2.05, 4.69) is 35.2 Å². The first-order chi connectivity index (χ1) is 26.9. The highest BCUT2D eigenvalue weighted by atomic mass is 32.2. The van der Waals surface area contributed by atoms with Gasteiger partial charge < -0.3 is 35.9 Å². The second kappa shape index (κ2) is 16.0. The number of hydroxylamine groups is 1. The maximum atomic E-state index is 13.5. The fourth-order valence-electron chi connectivity index (χ4n) is 5.10. The minimum Gasteiger partial charge on any atom is -0.504 e. The van der Waals surface area contributed by atoms with Crippen molar-refractivity contribution in [2.75, 3.05) is 17.2 Å².